The van der Waals surface area contributed by atoms with Gasteiger partial charge in [0.25, 0.3) is 0 Å². The summed E-state index contributed by atoms with van der Waals surface area (Å²) in [7, 11) is 2.10. The van der Waals surface area contributed by atoms with Crippen molar-refractivity contribution in [2.24, 2.45) is 0 Å². The minimum atomic E-state index is 0.264. The van der Waals surface area contributed by atoms with E-state index >= 15 is 0 Å². The van der Waals surface area contributed by atoms with E-state index in [4.69, 9.17) is 0 Å². The first-order valence-corrected chi connectivity index (χ1v) is 7.79. The molecule has 1 aromatic rings. The van der Waals surface area contributed by atoms with Gasteiger partial charge in [0.1, 0.15) is 0 Å². The van der Waals surface area contributed by atoms with Crippen LogP contribution in [0.5, 0.6) is 0 Å². The molecule has 1 aromatic carbocycles. The Bertz CT molecular complexity index is 444. The molecule has 0 aromatic heterocycles. The van der Waals surface area contributed by atoms with Crippen LogP contribution in [0.4, 0.5) is 5.69 Å². The van der Waals surface area contributed by atoms with Crippen LogP contribution in [0.2, 0.25) is 0 Å². The zero-order chi connectivity index (χ0) is 14.4. The molecular weight excluding hydrogens is 248 g/mol. The minimum absolute atomic E-state index is 0.264. The number of benzene rings is 1. The molecular formula is C17H26N2O. The zero-order valence-electron chi connectivity index (χ0n) is 12.8. The highest BCUT2D eigenvalue weighted by molar-refractivity contribution is 5.94. The highest BCUT2D eigenvalue weighted by Crippen LogP contribution is 2.27. The van der Waals surface area contributed by atoms with E-state index in [0.717, 1.165) is 38.2 Å². The topological polar surface area (TPSA) is 23.6 Å². The largest absolute Gasteiger partial charge is 0.312 e. The number of carbonyl (C=O) groups is 1. The lowest BCUT2D eigenvalue weighted by Crippen LogP contribution is -2.37. The molecule has 20 heavy (non-hydrogen) atoms. The van der Waals surface area contributed by atoms with Gasteiger partial charge in [-0.15, -0.1) is 0 Å². The van der Waals surface area contributed by atoms with Crippen LogP contribution in [0.3, 0.4) is 0 Å². The molecule has 0 atom stereocenters. The number of nitrogens with zero attached hydrogens (tertiary/aromatic N) is 2. The van der Waals surface area contributed by atoms with Crippen molar-refractivity contribution in [1.82, 2.24) is 4.90 Å². The van der Waals surface area contributed by atoms with Crippen molar-refractivity contribution in [3.63, 3.8) is 0 Å². The van der Waals surface area contributed by atoms with Gasteiger partial charge in [0, 0.05) is 25.2 Å². The second kappa shape index (κ2) is 7.44. The van der Waals surface area contributed by atoms with Gasteiger partial charge in [0.15, 0.2) is 0 Å². The van der Waals surface area contributed by atoms with E-state index in [1.165, 1.54) is 18.4 Å². The third-order valence-corrected chi connectivity index (χ3v) is 4.01. The van der Waals surface area contributed by atoms with Crippen molar-refractivity contribution < 1.29 is 4.79 Å². The van der Waals surface area contributed by atoms with Gasteiger partial charge in [-0.05, 0) is 44.5 Å². The number of amides is 1. The molecule has 0 aliphatic carbocycles. The summed E-state index contributed by atoms with van der Waals surface area (Å²) in [5, 5.41) is 0. The first-order chi connectivity index (χ1) is 9.72. The normalized spacial score (nSPS) is 14.4. The standard InChI is InChI=1S/C17H26N2O/c1-3-4-12-18(2)14-11-17(20)19-13-7-9-15-8-5-6-10-16(15)19/h5-6,8,10H,3-4,7,9,11-14H2,1-2H3. The molecule has 1 heterocycles. The maximum absolute atomic E-state index is 12.4. The number of hydrogen-bond donors (Lipinski definition) is 0. The monoisotopic (exact) mass is 274 g/mol. The summed E-state index contributed by atoms with van der Waals surface area (Å²) in [5.74, 6) is 0.264. The predicted octanol–water partition coefficient (Wildman–Crippen LogP) is 3.09. The van der Waals surface area contributed by atoms with Crippen molar-refractivity contribution in [3.05, 3.63) is 29.8 Å². The Morgan fingerprint density at radius 2 is 2.10 bits per heavy atom. The minimum Gasteiger partial charge on any atom is -0.312 e. The molecule has 3 nitrogen and oxygen atoms in total. The second-order valence-corrected chi connectivity index (χ2v) is 5.68. The first-order valence-electron chi connectivity index (χ1n) is 7.79. The van der Waals surface area contributed by atoms with E-state index in [1.54, 1.807) is 0 Å². The van der Waals surface area contributed by atoms with Crippen LogP contribution in [0, 0.1) is 0 Å². The third kappa shape index (κ3) is 3.83. The fourth-order valence-corrected chi connectivity index (χ4v) is 2.75. The lowest BCUT2D eigenvalue weighted by Gasteiger charge is -2.30. The second-order valence-electron chi connectivity index (χ2n) is 5.68. The Labute approximate surface area is 122 Å². The van der Waals surface area contributed by atoms with Crippen molar-refractivity contribution in [1.29, 1.82) is 0 Å². The van der Waals surface area contributed by atoms with Crippen molar-refractivity contribution >= 4 is 11.6 Å². The quantitative estimate of drug-likeness (QED) is 0.796. The van der Waals surface area contributed by atoms with Crippen LogP contribution in [0.25, 0.3) is 0 Å². The van der Waals surface area contributed by atoms with E-state index in [9.17, 15) is 4.79 Å². The summed E-state index contributed by atoms with van der Waals surface area (Å²) in [6.45, 7) is 5.01. The lowest BCUT2D eigenvalue weighted by molar-refractivity contribution is -0.119. The maximum Gasteiger partial charge on any atom is 0.228 e. The molecule has 0 fully saturated rings. The predicted molar refractivity (Wildman–Crippen MR) is 84.1 cm³/mol. The van der Waals surface area contributed by atoms with Gasteiger partial charge in [-0.3, -0.25) is 4.79 Å². The molecule has 0 spiro atoms. The molecule has 0 saturated carbocycles. The van der Waals surface area contributed by atoms with Crippen molar-refractivity contribution in [3.8, 4) is 0 Å². The SMILES string of the molecule is CCCCN(C)CCC(=O)N1CCCc2ccccc21. The summed E-state index contributed by atoms with van der Waals surface area (Å²) in [6, 6.07) is 8.30. The fraction of sp³-hybridized carbons (Fsp3) is 0.588. The lowest BCUT2D eigenvalue weighted by atomic mass is 10.0. The summed E-state index contributed by atoms with van der Waals surface area (Å²) < 4.78 is 0. The van der Waals surface area contributed by atoms with Crippen LogP contribution in [-0.2, 0) is 11.2 Å². The summed E-state index contributed by atoms with van der Waals surface area (Å²) in [4.78, 5) is 16.7. The number of anilines is 1. The van der Waals surface area contributed by atoms with E-state index in [1.807, 2.05) is 11.0 Å². The molecule has 1 amide bonds. The Kier molecular flexibility index (Phi) is 5.60. The number of para-hydroxylation sites is 1. The Morgan fingerprint density at radius 1 is 1.30 bits per heavy atom. The van der Waals surface area contributed by atoms with Gasteiger partial charge in [0.2, 0.25) is 5.91 Å². The van der Waals surface area contributed by atoms with E-state index in [2.05, 4.69) is 37.1 Å². The number of unbranched alkanes of at least 4 members (excludes halogenated alkanes) is 1. The smallest absolute Gasteiger partial charge is 0.228 e. The van der Waals surface area contributed by atoms with Gasteiger partial charge in [-0.1, -0.05) is 31.5 Å². The van der Waals surface area contributed by atoms with Gasteiger partial charge in [-0.2, -0.15) is 0 Å². The Morgan fingerprint density at radius 3 is 2.90 bits per heavy atom. The Balaban J connectivity index is 1.90. The first kappa shape index (κ1) is 15.0. The highest BCUT2D eigenvalue weighted by Gasteiger charge is 2.21. The molecule has 1 aliphatic heterocycles. The van der Waals surface area contributed by atoms with Crippen molar-refractivity contribution in [2.75, 3.05) is 31.6 Å². The number of aryl methyl sites for hydroxylation is 1. The van der Waals surface area contributed by atoms with Crippen LogP contribution in [0.15, 0.2) is 24.3 Å². The summed E-state index contributed by atoms with van der Waals surface area (Å²) in [6.07, 6.45) is 5.20. The number of hydrogen-bond acceptors (Lipinski definition) is 2. The van der Waals surface area contributed by atoms with Gasteiger partial charge < -0.3 is 9.80 Å². The highest BCUT2D eigenvalue weighted by atomic mass is 16.2. The molecule has 0 saturated heterocycles. The van der Waals surface area contributed by atoms with E-state index < -0.39 is 0 Å². The molecule has 1 aliphatic rings. The molecule has 0 bridgehead atoms. The average Bonchev–Trinajstić information content (AvgIpc) is 2.50. The van der Waals surface area contributed by atoms with Crippen LogP contribution < -0.4 is 4.90 Å². The molecule has 2 rings (SSSR count). The average molecular weight is 274 g/mol. The molecule has 0 radical (unpaired) electrons. The molecule has 3 heteroatoms. The third-order valence-electron chi connectivity index (χ3n) is 4.01. The van der Waals surface area contributed by atoms with Gasteiger partial charge in [0.05, 0.1) is 0 Å². The van der Waals surface area contributed by atoms with E-state index in [-0.39, 0.29) is 5.91 Å². The zero-order valence-corrected chi connectivity index (χ0v) is 12.8. The number of rotatable bonds is 6. The summed E-state index contributed by atoms with van der Waals surface area (Å²) in [5.41, 5.74) is 2.44. The molecule has 0 unspecified atom stereocenters. The fourth-order valence-electron chi connectivity index (χ4n) is 2.75. The summed E-state index contributed by atoms with van der Waals surface area (Å²) >= 11 is 0. The number of carbonyl (C=O) groups excluding carboxylic acids is 1. The molecule has 110 valence electrons. The molecule has 0 N–H and O–H groups in total. The number of fused-ring (bicyclic) bond motifs is 1. The maximum atomic E-state index is 12.4. The Hall–Kier alpha value is -1.35. The van der Waals surface area contributed by atoms with Gasteiger partial charge in [-0.25, -0.2) is 0 Å². The van der Waals surface area contributed by atoms with Crippen LogP contribution >= 0.6 is 0 Å². The van der Waals surface area contributed by atoms with Gasteiger partial charge >= 0.3 is 0 Å². The van der Waals surface area contributed by atoms with Crippen LogP contribution in [0.1, 0.15) is 38.2 Å². The van der Waals surface area contributed by atoms with Crippen LogP contribution in [-0.4, -0.2) is 37.5 Å². The van der Waals surface area contributed by atoms with E-state index in [0.29, 0.717) is 6.42 Å². The van der Waals surface area contributed by atoms with Crippen molar-refractivity contribution in [2.45, 2.75) is 39.0 Å².